The SMILES string of the molecule is O=S(=O)(CCc1ccccc1)NCCn1nc(C(F)(F)F)c2c1CCCC2. The van der Waals surface area contributed by atoms with Gasteiger partial charge in [0.05, 0.1) is 12.3 Å². The predicted molar refractivity (Wildman–Crippen MR) is 95.8 cm³/mol. The minimum Gasteiger partial charge on any atom is -0.267 e. The topological polar surface area (TPSA) is 64.0 Å². The van der Waals surface area contributed by atoms with Gasteiger partial charge in [-0.2, -0.15) is 18.3 Å². The number of fused-ring (bicyclic) bond motifs is 1. The lowest BCUT2D eigenvalue weighted by molar-refractivity contribution is -0.142. The van der Waals surface area contributed by atoms with Crippen LogP contribution in [0.2, 0.25) is 0 Å². The van der Waals surface area contributed by atoms with Crippen molar-refractivity contribution in [3.8, 4) is 0 Å². The van der Waals surface area contributed by atoms with Gasteiger partial charge in [-0.05, 0) is 37.7 Å². The van der Waals surface area contributed by atoms with Crippen LogP contribution in [0.5, 0.6) is 0 Å². The minimum atomic E-state index is -4.48. The van der Waals surface area contributed by atoms with Gasteiger partial charge in [-0.25, -0.2) is 13.1 Å². The van der Waals surface area contributed by atoms with Crippen LogP contribution in [-0.4, -0.2) is 30.5 Å². The first-order valence-corrected chi connectivity index (χ1v) is 10.6. The summed E-state index contributed by atoms with van der Waals surface area (Å²) in [6.07, 6.45) is -1.66. The van der Waals surface area contributed by atoms with Crippen LogP contribution in [0.4, 0.5) is 13.2 Å². The molecule has 0 unspecified atom stereocenters. The van der Waals surface area contributed by atoms with Gasteiger partial charge in [0, 0.05) is 17.8 Å². The fraction of sp³-hybridized carbons (Fsp3) is 0.500. The molecule has 9 heteroatoms. The maximum absolute atomic E-state index is 13.2. The Bertz CT molecular complexity index is 877. The zero-order valence-corrected chi connectivity index (χ0v) is 15.6. The number of nitrogens with one attached hydrogen (secondary N) is 1. The van der Waals surface area contributed by atoms with E-state index in [0.29, 0.717) is 31.4 Å². The van der Waals surface area contributed by atoms with E-state index in [1.54, 1.807) is 0 Å². The van der Waals surface area contributed by atoms with Crippen LogP contribution in [0.25, 0.3) is 0 Å². The summed E-state index contributed by atoms with van der Waals surface area (Å²) in [7, 11) is -3.51. The number of halogens is 3. The molecule has 0 saturated heterocycles. The smallest absolute Gasteiger partial charge is 0.267 e. The quantitative estimate of drug-likeness (QED) is 0.776. The van der Waals surface area contributed by atoms with Crippen LogP contribution in [0, 0.1) is 0 Å². The molecule has 27 heavy (non-hydrogen) atoms. The molecule has 0 spiro atoms. The van der Waals surface area contributed by atoms with Gasteiger partial charge in [0.2, 0.25) is 10.0 Å². The Labute approximate surface area is 156 Å². The van der Waals surface area contributed by atoms with Gasteiger partial charge in [-0.15, -0.1) is 0 Å². The normalized spacial score (nSPS) is 14.9. The van der Waals surface area contributed by atoms with E-state index in [2.05, 4.69) is 9.82 Å². The first-order chi connectivity index (χ1) is 12.8. The highest BCUT2D eigenvalue weighted by molar-refractivity contribution is 7.89. The number of alkyl halides is 3. The van der Waals surface area contributed by atoms with Crippen molar-refractivity contribution in [2.24, 2.45) is 0 Å². The maximum atomic E-state index is 13.2. The lowest BCUT2D eigenvalue weighted by Gasteiger charge is -2.15. The highest BCUT2D eigenvalue weighted by atomic mass is 32.2. The maximum Gasteiger partial charge on any atom is 0.435 e. The molecule has 0 amide bonds. The molecule has 0 atom stereocenters. The zero-order chi connectivity index (χ0) is 19.5. The predicted octanol–water partition coefficient (Wildman–Crippen LogP) is 2.94. The molecule has 3 rings (SSSR count). The Morgan fingerprint density at radius 2 is 1.81 bits per heavy atom. The van der Waals surface area contributed by atoms with Crippen LogP contribution in [0.3, 0.4) is 0 Å². The van der Waals surface area contributed by atoms with Gasteiger partial charge in [0.1, 0.15) is 0 Å². The number of hydrogen-bond donors (Lipinski definition) is 1. The summed E-state index contributed by atoms with van der Waals surface area (Å²) in [5.41, 5.74) is 0.931. The van der Waals surface area contributed by atoms with E-state index in [1.165, 1.54) is 4.68 Å². The summed E-state index contributed by atoms with van der Waals surface area (Å²) in [5, 5.41) is 3.73. The fourth-order valence-corrected chi connectivity index (χ4v) is 4.41. The molecule has 0 saturated carbocycles. The molecule has 5 nitrogen and oxygen atoms in total. The van der Waals surface area contributed by atoms with Crippen molar-refractivity contribution in [1.29, 1.82) is 0 Å². The standard InChI is InChI=1S/C18H22F3N3O2S/c19-18(20,21)17-15-8-4-5-9-16(15)24(23-17)12-11-22-27(25,26)13-10-14-6-2-1-3-7-14/h1-3,6-7,22H,4-5,8-13H2. The monoisotopic (exact) mass is 401 g/mol. The average Bonchev–Trinajstić information content (AvgIpc) is 3.00. The van der Waals surface area contributed by atoms with Gasteiger partial charge in [-0.1, -0.05) is 30.3 Å². The minimum absolute atomic E-state index is 0.0164. The van der Waals surface area contributed by atoms with Crippen molar-refractivity contribution in [2.75, 3.05) is 12.3 Å². The number of hydrogen-bond acceptors (Lipinski definition) is 3. The fourth-order valence-electron chi connectivity index (χ4n) is 3.36. The Hall–Kier alpha value is -1.87. The van der Waals surface area contributed by atoms with Crippen molar-refractivity contribution in [3.05, 3.63) is 52.8 Å². The van der Waals surface area contributed by atoms with Gasteiger partial charge in [0.25, 0.3) is 0 Å². The second-order valence-corrected chi connectivity index (χ2v) is 8.58. The second kappa shape index (κ2) is 8.02. The van der Waals surface area contributed by atoms with Crippen LogP contribution in [0.15, 0.2) is 30.3 Å². The third-order valence-corrected chi connectivity index (χ3v) is 6.06. The number of rotatable bonds is 7. The number of aryl methyl sites for hydroxylation is 1. The molecule has 2 aromatic rings. The summed E-state index contributed by atoms with van der Waals surface area (Å²) >= 11 is 0. The van der Waals surface area contributed by atoms with Crippen molar-refractivity contribution in [2.45, 2.75) is 44.8 Å². The van der Waals surface area contributed by atoms with Crippen LogP contribution >= 0.6 is 0 Å². The molecule has 148 valence electrons. The van der Waals surface area contributed by atoms with E-state index < -0.39 is 21.9 Å². The Kier molecular flexibility index (Phi) is 5.90. The van der Waals surface area contributed by atoms with Crippen molar-refractivity contribution >= 4 is 10.0 Å². The molecule has 1 aliphatic rings. The molecular weight excluding hydrogens is 379 g/mol. The number of nitrogens with zero attached hydrogens (tertiary/aromatic N) is 2. The first-order valence-electron chi connectivity index (χ1n) is 8.93. The van der Waals surface area contributed by atoms with E-state index in [9.17, 15) is 21.6 Å². The largest absolute Gasteiger partial charge is 0.435 e. The van der Waals surface area contributed by atoms with Gasteiger partial charge >= 0.3 is 6.18 Å². The van der Waals surface area contributed by atoms with E-state index in [0.717, 1.165) is 12.0 Å². The lowest BCUT2D eigenvalue weighted by atomic mass is 9.95. The zero-order valence-electron chi connectivity index (χ0n) is 14.8. The molecule has 0 radical (unpaired) electrons. The van der Waals surface area contributed by atoms with Crippen LogP contribution in [-0.2, 0) is 42.0 Å². The molecule has 1 aromatic heterocycles. The third-order valence-electron chi connectivity index (χ3n) is 4.67. The summed E-state index contributed by atoms with van der Waals surface area (Å²) in [6, 6.07) is 9.24. The van der Waals surface area contributed by atoms with E-state index in [4.69, 9.17) is 0 Å². The first kappa shape index (κ1) is 19.9. The van der Waals surface area contributed by atoms with Crippen molar-refractivity contribution < 1.29 is 21.6 Å². The number of benzene rings is 1. The summed E-state index contributed by atoms with van der Waals surface area (Å²) in [4.78, 5) is 0. The molecule has 0 bridgehead atoms. The molecule has 1 heterocycles. The van der Waals surface area contributed by atoms with E-state index in [-0.39, 0.29) is 24.4 Å². The summed E-state index contributed by atoms with van der Waals surface area (Å²) in [5.74, 6) is -0.0674. The van der Waals surface area contributed by atoms with Gasteiger partial charge in [0.15, 0.2) is 5.69 Å². The van der Waals surface area contributed by atoms with Gasteiger partial charge in [-0.3, -0.25) is 4.68 Å². The third kappa shape index (κ3) is 5.10. The molecule has 1 N–H and O–H groups in total. The van der Waals surface area contributed by atoms with Crippen LogP contribution in [0.1, 0.15) is 35.4 Å². The number of sulfonamides is 1. The van der Waals surface area contributed by atoms with E-state index >= 15 is 0 Å². The second-order valence-electron chi connectivity index (χ2n) is 6.65. The van der Waals surface area contributed by atoms with Crippen molar-refractivity contribution in [1.82, 2.24) is 14.5 Å². The average molecular weight is 401 g/mol. The summed E-state index contributed by atoms with van der Waals surface area (Å²) < 4.78 is 67.6. The lowest BCUT2D eigenvalue weighted by Crippen LogP contribution is -2.31. The highest BCUT2D eigenvalue weighted by Gasteiger charge is 2.39. The van der Waals surface area contributed by atoms with E-state index in [1.807, 2.05) is 30.3 Å². The molecule has 0 fully saturated rings. The van der Waals surface area contributed by atoms with Crippen molar-refractivity contribution in [3.63, 3.8) is 0 Å². The molecule has 0 aliphatic heterocycles. The molecule has 1 aliphatic carbocycles. The Balaban J connectivity index is 1.61. The summed E-state index contributed by atoms with van der Waals surface area (Å²) in [6.45, 7) is 0.103. The molecular formula is C18H22F3N3O2S. The Morgan fingerprint density at radius 3 is 2.52 bits per heavy atom. The highest BCUT2D eigenvalue weighted by Crippen LogP contribution is 2.35. The van der Waals surface area contributed by atoms with Crippen LogP contribution < -0.4 is 4.72 Å². The van der Waals surface area contributed by atoms with Gasteiger partial charge < -0.3 is 0 Å². The molecule has 1 aromatic carbocycles. The Morgan fingerprint density at radius 1 is 1.11 bits per heavy atom. The number of aromatic nitrogens is 2.